The number of rotatable bonds is 6. The normalized spacial score (nSPS) is 17.3. The van der Waals surface area contributed by atoms with Crippen LogP contribution in [0, 0.1) is 0 Å². The molecule has 0 bridgehead atoms. The number of benzene rings is 1. The van der Waals surface area contributed by atoms with Gasteiger partial charge in [0.25, 0.3) is 5.89 Å². The highest BCUT2D eigenvalue weighted by Crippen LogP contribution is 2.27. The summed E-state index contributed by atoms with van der Waals surface area (Å²) >= 11 is 1.62. The van der Waals surface area contributed by atoms with Crippen molar-refractivity contribution in [1.82, 2.24) is 20.0 Å². The highest BCUT2D eigenvalue weighted by atomic mass is 32.1. The van der Waals surface area contributed by atoms with Crippen molar-refractivity contribution in [3.63, 3.8) is 0 Å². The molecule has 1 atom stereocenters. The Morgan fingerprint density at radius 2 is 1.75 bits per heavy atom. The van der Waals surface area contributed by atoms with E-state index in [-0.39, 0.29) is 6.04 Å². The van der Waals surface area contributed by atoms with E-state index in [2.05, 4.69) is 65.0 Å². The van der Waals surface area contributed by atoms with Crippen molar-refractivity contribution in [3.05, 3.63) is 58.8 Å². The maximum Gasteiger partial charge on any atom is 0.257 e. The van der Waals surface area contributed by atoms with Crippen LogP contribution in [-0.2, 0) is 6.54 Å². The molecule has 0 aliphatic carbocycles. The Morgan fingerprint density at radius 3 is 2.39 bits per heavy atom. The van der Waals surface area contributed by atoms with Gasteiger partial charge in [-0.2, -0.15) is 0 Å². The van der Waals surface area contributed by atoms with Crippen molar-refractivity contribution >= 4 is 11.3 Å². The van der Waals surface area contributed by atoms with E-state index in [9.17, 15) is 0 Å². The summed E-state index contributed by atoms with van der Waals surface area (Å²) in [7, 11) is 0. The molecular weight excluding hydrogens is 368 g/mol. The maximum absolute atomic E-state index is 5.93. The molecule has 0 N–H and O–H groups in total. The summed E-state index contributed by atoms with van der Waals surface area (Å²) in [5, 5.41) is 10.5. The Kier molecular flexibility index (Phi) is 5.90. The van der Waals surface area contributed by atoms with Gasteiger partial charge in [0.05, 0.1) is 10.9 Å². The fraction of sp³-hybridized carbons (Fsp3) is 0.455. The van der Waals surface area contributed by atoms with Gasteiger partial charge in [-0.3, -0.25) is 9.80 Å². The van der Waals surface area contributed by atoms with Gasteiger partial charge in [-0.05, 0) is 35.4 Å². The van der Waals surface area contributed by atoms with E-state index in [1.165, 1.54) is 11.1 Å². The summed E-state index contributed by atoms with van der Waals surface area (Å²) in [6, 6.07) is 13.2. The van der Waals surface area contributed by atoms with Crippen molar-refractivity contribution in [1.29, 1.82) is 0 Å². The predicted molar refractivity (Wildman–Crippen MR) is 113 cm³/mol. The van der Waals surface area contributed by atoms with Gasteiger partial charge in [-0.1, -0.05) is 44.2 Å². The second-order valence-electron chi connectivity index (χ2n) is 7.81. The van der Waals surface area contributed by atoms with Crippen molar-refractivity contribution in [2.75, 3.05) is 26.2 Å². The molecular formula is C22H28N4OS. The second kappa shape index (κ2) is 8.55. The highest BCUT2D eigenvalue weighted by molar-refractivity contribution is 7.13. The lowest BCUT2D eigenvalue weighted by Crippen LogP contribution is -2.46. The Balaban J connectivity index is 1.31. The Bertz CT molecular complexity index is 864. The van der Waals surface area contributed by atoms with Crippen LogP contribution >= 0.6 is 11.3 Å². The Hall–Kier alpha value is -2.02. The number of aromatic nitrogens is 2. The van der Waals surface area contributed by atoms with Gasteiger partial charge in [-0.25, -0.2) is 0 Å². The fourth-order valence-electron chi connectivity index (χ4n) is 3.63. The number of thiophene rings is 1. The zero-order valence-corrected chi connectivity index (χ0v) is 17.7. The molecule has 0 spiro atoms. The monoisotopic (exact) mass is 396 g/mol. The van der Waals surface area contributed by atoms with Crippen molar-refractivity contribution < 1.29 is 4.42 Å². The van der Waals surface area contributed by atoms with Crippen LogP contribution in [0.1, 0.15) is 49.7 Å². The standard InChI is InChI=1S/C22H28N4OS/c1-16(2)19-8-6-18(7-9-19)15-25-10-12-26(13-11-25)17(3)21-23-24-22(27-21)20-5-4-14-28-20/h4-9,14,16-17H,10-13,15H2,1-3H3/t17-/m0/s1. The van der Waals surface area contributed by atoms with Crippen LogP contribution in [0.25, 0.3) is 10.8 Å². The summed E-state index contributed by atoms with van der Waals surface area (Å²) in [6.07, 6.45) is 0. The molecule has 0 amide bonds. The molecule has 4 rings (SSSR count). The van der Waals surface area contributed by atoms with E-state index in [0.717, 1.165) is 37.6 Å². The van der Waals surface area contributed by atoms with E-state index in [1.807, 2.05) is 17.5 Å². The van der Waals surface area contributed by atoms with Crippen LogP contribution in [-0.4, -0.2) is 46.2 Å². The largest absolute Gasteiger partial charge is 0.418 e. The van der Waals surface area contributed by atoms with Gasteiger partial charge in [0.15, 0.2) is 0 Å². The van der Waals surface area contributed by atoms with Gasteiger partial charge in [0.1, 0.15) is 0 Å². The molecule has 148 valence electrons. The van der Waals surface area contributed by atoms with Crippen LogP contribution in [0.15, 0.2) is 46.2 Å². The van der Waals surface area contributed by atoms with Gasteiger partial charge < -0.3 is 4.42 Å². The SMILES string of the molecule is CC(C)c1ccc(CN2CCN([C@@H](C)c3nnc(-c4cccs4)o3)CC2)cc1. The summed E-state index contributed by atoms with van der Waals surface area (Å²) < 4.78 is 5.93. The molecule has 0 unspecified atom stereocenters. The first kappa shape index (κ1) is 19.3. The van der Waals surface area contributed by atoms with E-state index < -0.39 is 0 Å². The molecule has 1 fully saturated rings. The molecule has 1 aliphatic rings. The van der Waals surface area contributed by atoms with Gasteiger partial charge >= 0.3 is 0 Å². The number of hydrogen-bond acceptors (Lipinski definition) is 6. The molecule has 1 aromatic carbocycles. The quantitative estimate of drug-likeness (QED) is 0.599. The first-order valence-electron chi connectivity index (χ1n) is 10.0. The lowest BCUT2D eigenvalue weighted by molar-refractivity contribution is 0.0876. The Labute approximate surface area is 171 Å². The molecule has 0 saturated carbocycles. The molecule has 3 heterocycles. The molecule has 0 radical (unpaired) electrons. The average Bonchev–Trinajstić information content (AvgIpc) is 3.40. The van der Waals surface area contributed by atoms with Crippen LogP contribution < -0.4 is 0 Å². The molecule has 1 aliphatic heterocycles. The van der Waals surface area contributed by atoms with Crippen LogP contribution in [0.4, 0.5) is 0 Å². The Morgan fingerprint density at radius 1 is 1.00 bits per heavy atom. The molecule has 2 aromatic heterocycles. The van der Waals surface area contributed by atoms with Crippen molar-refractivity contribution in [3.8, 4) is 10.8 Å². The van der Waals surface area contributed by atoms with Gasteiger partial charge in [-0.15, -0.1) is 21.5 Å². The first-order chi connectivity index (χ1) is 13.6. The number of hydrogen-bond donors (Lipinski definition) is 0. The minimum atomic E-state index is 0.147. The van der Waals surface area contributed by atoms with Crippen LogP contribution in [0.5, 0.6) is 0 Å². The smallest absolute Gasteiger partial charge is 0.257 e. The van der Waals surface area contributed by atoms with Gasteiger partial charge in [0, 0.05) is 32.7 Å². The number of piperazine rings is 1. The zero-order valence-electron chi connectivity index (χ0n) is 16.8. The van der Waals surface area contributed by atoms with E-state index in [0.29, 0.717) is 17.7 Å². The zero-order chi connectivity index (χ0) is 19.5. The van der Waals surface area contributed by atoms with Crippen molar-refractivity contribution in [2.24, 2.45) is 0 Å². The third-order valence-corrected chi connectivity index (χ3v) is 6.40. The minimum Gasteiger partial charge on any atom is -0.418 e. The van der Waals surface area contributed by atoms with Crippen molar-refractivity contribution in [2.45, 2.75) is 39.3 Å². The third-order valence-electron chi connectivity index (χ3n) is 5.54. The molecule has 6 heteroatoms. The molecule has 5 nitrogen and oxygen atoms in total. The maximum atomic E-state index is 5.93. The number of nitrogens with zero attached hydrogens (tertiary/aromatic N) is 4. The lowest BCUT2D eigenvalue weighted by Gasteiger charge is -2.36. The molecule has 3 aromatic rings. The third kappa shape index (κ3) is 4.35. The highest BCUT2D eigenvalue weighted by Gasteiger charge is 2.26. The van der Waals surface area contributed by atoms with Crippen LogP contribution in [0.2, 0.25) is 0 Å². The van der Waals surface area contributed by atoms with E-state index in [1.54, 1.807) is 11.3 Å². The van der Waals surface area contributed by atoms with Crippen LogP contribution in [0.3, 0.4) is 0 Å². The predicted octanol–water partition coefficient (Wildman–Crippen LogP) is 4.80. The summed E-state index contributed by atoms with van der Waals surface area (Å²) in [4.78, 5) is 5.99. The minimum absolute atomic E-state index is 0.147. The van der Waals surface area contributed by atoms with E-state index in [4.69, 9.17) is 4.42 Å². The van der Waals surface area contributed by atoms with E-state index >= 15 is 0 Å². The molecule has 1 saturated heterocycles. The topological polar surface area (TPSA) is 45.4 Å². The summed E-state index contributed by atoms with van der Waals surface area (Å²) in [5.41, 5.74) is 2.80. The summed E-state index contributed by atoms with van der Waals surface area (Å²) in [5.74, 6) is 1.92. The average molecular weight is 397 g/mol. The second-order valence-corrected chi connectivity index (χ2v) is 8.75. The lowest BCUT2D eigenvalue weighted by atomic mass is 10.0. The first-order valence-corrected chi connectivity index (χ1v) is 10.9. The summed E-state index contributed by atoms with van der Waals surface area (Å²) in [6.45, 7) is 11.8. The fourth-order valence-corrected chi connectivity index (χ4v) is 4.28. The molecule has 28 heavy (non-hydrogen) atoms. The van der Waals surface area contributed by atoms with Gasteiger partial charge in [0.2, 0.25) is 5.89 Å².